The minimum Gasteiger partial charge on any atom is -0.548 e. The number of carbonyl (C=O) groups excluding carboxylic acids is 2. The van der Waals surface area contributed by atoms with Gasteiger partial charge in [0.1, 0.15) is 5.60 Å². The van der Waals surface area contributed by atoms with E-state index in [1.54, 1.807) is 20.8 Å². The van der Waals surface area contributed by atoms with Crippen LogP contribution in [0.3, 0.4) is 0 Å². The van der Waals surface area contributed by atoms with Gasteiger partial charge in [0.25, 0.3) is 0 Å². The first-order valence-electron chi connectivity index (χ1n) is 4.46. The molecule has 0 aromatic carbocycles. The number of likely N-dealkylation sites (N-methyl/N-ethyl adjacent to an activating group) is 1. The minimum atomic E-state index is -1.52. The number of carboxylic acid groups (broad SMARTS) is 1. The first kappa shape index (κ1) is 13.7. The molecule has 0 aromatic heterocycles. The molecule has 0 bridgehead atoms. The zero-order valence-electron chi connectivity index (χ0n) is 9.31. The third kappa shape index (κ3) is 4.64. The van der Waals surface area contributed by atoms with E-state index in [9.17, 15) is 14.7 Å². The highest BCUT2D eigenvalue weighted by molar-refractivity contribution is 5.78. The summed E-state index contributed by atoms with van der Waals surface area (Å²) in [4.78, 5) is 22.7. The quantitative estimate of drug-likeness (QED) is 0.653. The average molecular weight is 218 g/mol. The van der Waals surface area contributed by atoms with Gasteiger partial charge in [-0.25, -0.2) is 4.79 Å². The highest BCUT2D eigenvalue weighted by Crippen LogP contribution is 2.10. The Morgan fingerprint density at radius 2 is 1.93 bits per heavy atom. The summed E-state index contributed by atoms with van der Waals surface area (Å²) in [6, 6.07) is -1.39. The molecule has 0 radical (unpaired) electrons. The fourth-order valence-electron chi connectivity index (χ4n) is 0.816. The monoisotopic (exact) mass is 218 g/mol. The smallest absolute Gasteiger partial charge is 0.410 e. The minimum absolute atomic E-state index is 0.710. The van der Waals surface area contributed by atoms with E-state index in [-0.39, 0.29) is 0 Å². The number of nitrogens with zero attached hydrogens (tertiary/aromatic N) is 1. The Balaban J connectivity index is 4.49. The number of rotatable bonds is 3. The van der Waals surface area contributed by atoms with Crippen LogP contribution in [0.5, 0.6) is 0 Å². The van der Waals surface area contributed by atoms with Gasteiger partial charge in [0.05, 0.1) is 18.6 Å². The maximum Gasteiger partial charge on any atom is 0.410 e. The number of aliphatic hydroxyl groups excluding tert-OH is 1. The summed E-state index contributed by atoms with van der Waals surface area (Å²) in [5.74, 6) is -1.52. The number of ether oxygens (including phenoxy) is 1. The van der Waals surface area contributed by atoms with Crippen molar-refractivity contribution in [3.8, 4) is 0 Å². The predicted octanol–water partition coefficient (Wildman–Crippen LogP) is -1.04. The van der Waals surface area contributed by atoms with Crippen LogP contribution in [0.1, 0.15) is 20.8 Å². The fraction of sp³-hybridized carbons (Fsp3) is 0.778. The Kier molecular flexibility index (Phi) is 4.54. The molecule has 0 saturated carbocycles. The molecule has 0 unspecified atom stereocenters. The number of carbonyl (C=O) groups is 2. The summed E-state index contributed by atoms with van der Waals surface area (Å²) in [5.41, 5.74) is -0.711. The van der Waals surface area contributed by atoms with Crippen LogP contribution in [0.4, 0.5) is 4.79 Å². The molecule has 1 N–H and O–H groups in total. The van der Waals surface area contributed by atoms with Gasteiger partial charge in [0.2, 0.25) is 0 Å². The van der Waals surface area contributed by atoms with Gasteiger partial charge >= 0.3 is 6.09 Å². The summed E-state index contributed by atoms with van der Waals surface area (Å²) >= 11 is 0. The second-order valence-electron chi connectivity index (χ2n) is 4.11. The van der Waals surface area contributed by atoms with Crippen molar-refractivity contribution in [1.82, 2.24) is 4.90 Å². The van der Waals surface area contributed by atoms with E-state index < -0.39 is 30.3 Å². The Hall–Kier alpha value is -1.30. The Bertz CT molecular complexity index is 245. The van der Waals surface area contributed by atoms with E-state index in [0.717, 1.165) is 4.90 Å². The standard InChI is InChI=1S/C9H17NO5/c1-9(2,3)15-8(14)10(4)6(5-11)7(12)13/h6,11H,5H2,1-4H3,(H,12,13)/p-1/t6-/m0/s1. The number of aliphatic hydroxyl groups is 1. The molecule has 1 atom stereocenters. The Morgan fingerprint density at radius 1 is 1.47 bits per heavy atom. The van der Waals surface area contributed by atoms with Crippen LogP contribution in [0.15, 0.2) is 0 Å². The zero-order valence-corrected chi connectivity index (χ0v) is 9.31. The van der Waals surface area contributed by atoms with Gasteiger partial charge < -0.3 is 24.6 Å². The topological polar surface area (TPSA) is 89.9 Å². The van der Waals surface area contributed by atoms with Crippen molar-refractivity contribution < 1.29 is 24.5 Å². The molecule has 0 aliphatic carbocycles. The van der Waals surface area contributed by atoms with Crippen LogP contribution in [0.2, 0.25) is 0 Å². The molecule has 0 heterocycles. The molecule has 15 heavy (non-hydrogen) atoms. The lowest BCUT2D eigenvalue weighted by atomic mass is 10.2. The lowest BCUT2D eigenvalue weighted by Gasteiger charge is -2.30. The van der Waals surface area contributed by atoms with E-state index in [4.69, 9.17) is 9.84 Å². The van der Waals surface area contributed by atoms with Gasteiger partial charge in [-0.1, -0.05) is 0 Å². The van der Waals surface area contributed by atoms with Crippen LogP contribution >= 0.6 is 0 Å². The summed E-state index contributed by atoms with van der Waals surface area (Å²) in [5, 5.41) is 19.3. The van der Waals surface area contributed by atoms with Crippen LogP contribution in [-0.2, 0) is 9.53 Å². The van der Waals surface area contributed by atoms with Gasteiger partial charge in [-0.2, -0.15) is 0 Å². The second kappa shape index (κ2) is 4.97. The van der Waals surface area contributed by atoms with Gasteiger partial charge in [0.15, 0.2) is 0 Å². The lowest BCUT2D eigenvalue weighted by Crippen LogP contribution is -2.51. The number of hydrogen-bond acceptors (Lipinski definition) is 5. The van der Waals surface area contributed by atoms with Crippen molar-refractivity contribution in [3.05, 3.63) is 0 Å². The number of amides is 1. The van der Waals surface area contributed by atoms with Crippen molar-refractivity contribution in [1.29, 1.82) is 0 Å². The first-order valence-corrected chi connectivity index (χ1v) is 4.46. The number of carboxylic acids is 1. The van der Waals surface area contributed by atoms with E-state index in [2.05, 4.69) is 0 Å². The SMILES string of the molecule is CN(C(=O)OC(C)(C)C)[C@@H](CO)C(=O)[O-]. The van der Waals surface area contributed by atoms with Crippen LogP contribution in [0, 0.1) is 0 Å². The molecule has 0 aliphatic heterocycles. The lowest BCUT2D eigenvalue weighted by molar-refractivity contribution is -0.311. The summed E-state index contributed by atoms with van der Waals surface area (Å²) in [7, 11) is 1.23. The molecule has 0 aliphatic rings. The predicted molar refractivity (Wildman–Crippen MR) is 49.9 cm³/mol. The van der Waals surface area contributed by atoms with Crippen molar-refractivity contribution in [2.24, 2.45) is 0 Å². The summed E-state index contributed by atoms with van der Waals surface area (Å²) in [6.07, 6.45) is -0.814. The fourth-order valence-corrected chi connectivity index (χ4v) is 0.816. The Labute approximate surface area is 88.4 Å². The average Bonchev–Trinajstić information content (AvgIpc) is 2.01. The molecular formula is C9H16NO5-. The number of hydrogen-bond donors (Lipinski definition) is 1. The second-order valence-corrected chi connectivity index (χ2v) is 4.11. The molecule has 88 valence electrons. The molecule has 6 heteroatoms. The van der Waals surface area contributed by atoms with E-state index in [1.165, 1.54) is 7.05 Å². The van der Waals surface area contributed by atoms with E-state index >= 15 is 0 Å². The maximum atomic E-state index is 11.4. The molecule has 6 nitrogen and oxygen atoms in total. The summed E-state index contributed by atoms with van der Waals surface area (Å²) < 4.78 is 4.92. The van der Waals surface area contributed by atoms with Crippen molar-refractivity contribution >= 4 is 12.1 Å². The largest absolute Gasteiger partial charge is 0.548 e. The molecule has 1 amide bonds. The van der Waals surface area contributed by atoms with Crippen LogP contribution in [0.25, 0.3) is 0 Å². The van der Waals surface area contributed by atoms with Gasteiger partial charge in [-0.3, -0.25) is 0 Å². The van der Waals surface area contributed by atoms with Crippen LogP contribution < -0.4 is 5.11 Å². The molecule has 0 spiro atoms. The van der Waals surface area contributed by atoms with Crippen molar-refractivity contribution in [2.45, 2.75) is 32.4 Å². The molecular weight excluding hydrogens is 202 g/mol. The maximum absolute atomic E-state index is 11.4. The highest BCUT2D eigenvalue weighted by atomic mass is 16.6. The molecule has 0 aromatic rings. The normalized spacial score (nSPS) is 13.1. The Morgan fingerprint density at radius 3 is 2.20 bits per heavy atom. The van der Waals surface area contributed by atoms with Gasteiger partial charge in [0, 0.05) is 7.05 Å². The third-order valence-corrected chi connectivity index (χ3v) is 1.59. The molecule has 0 rings (SSSR count). The number of aliphatic carboxylic acids is 1. The van der Waals surface area contributed by atoms with Crippen molar-refractivity contribution in [3.63, 3.8) is 0 Å². The summed E-state index contributed by atoms with van der Waals surface area (Å²) in [6.45, 7) is 4.27. The van der Waals surface area contributed by atoms with Crippen LogP contribution in [-0.4, -0.2) is 47.4 Å². The van der Waals surface area contributed by atoms with E-state index in [0.29, 0.717) is 0 Å². The first-order chi connectivity index (χ1) is 6.69. The third-order valence-electron chi connectivity index (χ3n) is 1.59. The zero-order chi connectivity index (χ0) is 12.2. The highest BCUT2D eigenvalue weighted by Gasteiger charge is 2.25. The molecule has 0 saturated heterocycles. The van der Waals surface area contributed by atoms with Gasteiger partial charge in [-0.15, -0.1) is 0 Å². The van der Waals surface area contributed by atoms with Gasteiger partial charge in [-0.05, 0) is 20.8 Å². The van der Waals surface area contributed by atoms with E-state index in [1.807, 2.05) is 0 Å². The van der Waals surface area contributed by atoms with Crippen molar-refractivity contribution in [2.75, 3.05) is 13.7 Å². The molecule has 0 fully saturated rings.